The third kappa shape index (κ3) is 5.84. The van der Waals surface area contributed by atoms with Gasteiger partial charge in [-0.15, -0.1) is 0 Å². The molecule has 0 bridgehead atoms. The average molecular weight is 369 g/mol. The maximum atomic E-state index is 12.8. The molecule has 2 N–H and O–H groups in total. The summed E-state index contributed by atoms with van der Waals surface area (Å²) < 4.78 is 5.39. The highest BCUT2D eigenvalue weighted by molar-refractivity contribution is 5.95. The van der Waals surface area contributed by atoms with Crippen molar-refractivity contribution in [3.05, 3.63) is 59.2 Å². The molecular formula is C22H27NO4. The standard InChI is InChI=1S/C22H27NO4/c1-5-27-19-8-6-18(7-9-19)23-21(24)20(16(4)22(25)26)13-17-11-14(2)10-15(3)12-17/h6-12,16,20H,5,13H2,1-4H3,(H,23,24)(H,25,26)/t16-,20-/m0/s1. The molecule has 2 aromatic carbocycles. The van der Waals surface area contributed by atoms with Gasteiger partial charge in [-0.2, -0.15) is 0 Å². The number of ether oxygens (including phenoxy) is 1. The van der Waals surface area contributed by atoms with Crippen molar-refractivity contribution in [3.63, 3.8) is 0 Å². The zero-order valence-corrected chi connectivity index (χ0v) is 16.3. The van der Waals surface area contributed by atoms with Crippen molar-refractivity contribution in [2.45, 2.75) is 34.1 Å². The Morgan fingerprint density at radius 1 is 1.07 bits per heavy atom. The van der Waals surface area contributed by atoms with E-state index in [1.807, 2.05) is 32.9 Å². The van der Waals surface area contributed by atoms with Crippen molar-refractivity contribution < 1.29 is 19.4 Å². The number of nitrogens with one attached hydrogen (secondary N) is 1. The number of amides is 1. The summed E-state index contributed by atoms with van der Waals surface area (Å²) in [5, 5.41) is 12.3. The molecule has 144 valence electrons. The van der Waals surface area contributed by atoms with Gasteiger partial charge in [-0.25, -0.2) is 0 Å². The minimum absolute atomic E-state index is 0.298. The fourth-order valence-corrected chi connectivity index (χ4v) is 3.15. The lowest BCUT2D eigenvalue weighted by Crippen LogP contribution is -2.33. The van der Waals surface area contributed by atoms with Crippen LogP contribution in [0, 0.1) is 25.7 Å². The van der Waals surface area contributed by atoms with Gasteiger partial charge >= 0.3 is 5.97 Å². The van der Waals surface area contributed by atoms with Crippen molar-refractivity contribution in [1.29, 1.82) is 0 Å². The first-order valence-electron chi connectivity index (χ1n) is 9.14. The Morgan fingerprint density at radius 2 is 1.67 bits per heavy atom. The second-order valence-corrected chi connectivity index (χ2v) is 6.88. The van der Waals surface area contributed by atoms with Gasteiger partial charge in [0.1, 0.15) is 5.75 Å². The van der Waals surface area contributed by atoms with Gasteiger partial charge < -0.3 is 15.2 Å². The van der Waals surface area contributed by atoms with Gasteiger partial charge in [0, 0.05) is 5.69 Å². The number of carboxylic acid groups (broad SMARTS) is 1. The highest BCUT2D eigenvalue weighted by atomic mass is 16.5. The van der Waals surface area contributed by atoms with Gasteiger partial charge in [0.15, 0.2) is 0 Å². The fraction of sp³-hybridized carbons (Fsp3) is 0.364. The van der Waals surface area contributed by atoms with E-state index in [2.05, 4.69) is 11.4 Å². The van der Waals surface area contributed by atoms with Gasteiger partial charge in [0.2, 0.25) is 5.91 Å². The van der Waals surface area contributed by atoms with Gasteiger partial charge in [-0.1, -0.05) is 36.2 Å². The first kappa shape index (κ1) is 20.5. The van der Waals surface area contributed by atoms with E-state index in [-0.39, 0.29) is 5.91 Å². The molecule has 5 heteroatoms. The molecule has 0 spiro atoms. The quantitative estimate of drug-likeness (QED) is 0.730. The molecule has 2 aromatic rings. The number of carbonyl (C=O) groups is 2. The molecule has 5 nitrogen and oxygen atoms in total. The molecule has 0 unspecified atom stereocenters. The Bertz CT molecular complexity index is 778. The van der Waals surface area contributed by atoms with Crippen LogP contribution in [-0.2, 0) is 16.0 Å². The van der Waals surface area contributed by atoms with Crippen molar-refractivity contribution in [2.75, 3.05) is 11.9 Å². The lowest BCUT2D eigenvalue weighted by Gasteiger charge is -2.21. The Balaban J connectivity index is 2.19. The Morgan fingerprint density at radius 3 is 2.19 bits per heavy atom. The van der Waals surface area contributed by atoms with Crippen LogP contribution in [0.3, 0.4) is 0 Å². The molecule has 0 fully saturated rings. The van der Waals surface area contributed by atoms with Gasteiger partial charge in [-0.05, 0) is 57.0 Å². The summed E-state index contributed by atoms with van der Waals surface area (Å²) in [5.74, 6) is -2.02. The molecule has 27 heavy (non-hydrogen) atoms. The molecule has 2 atom stereocenters. The smallest absolute Gasteiger partial charge is 0.307 e. The second-order valence-electron chi connectivity index (χ2n) is 6.88. The maximum absolute atomic E-state index is 12.8. The van der Waals surface area contributed by atoms with Crippen LogP contribution in [0.5, 0.6) is 5.75 Å². The normalized spacial score (nSPS) is 12.9. The minimum atomic E-state index is -0.980. The van der Waals surface area contributed by atoms with Gasteiger partial charge in [0.25, 0.3) is 0 Å². The van der Waals surface area contributed by atoms with E-state index in [1.165, 1.54) is 0 Å². The number of anilines is 1. The maximum Gasteiger partial charge on any atom is 0.307 e. The Kier molecular flexibility index (Phi) is 6.99. The minimum Gasteiger partial charge on any atom is -0.494 e. The van der Waals surface area contributed by atoms with Crippen molar-refractivity contribution >= 4 is 17.6 Å². The van der Waals surface area contributed by atoms with Crippen LogP contribution in [-0.4, -0.2) is 23.6 Å². The predicted octanol–water partition coefficient (Wildman–Crippen LogP) is 4.22. The summed E-state index contributed by atoms with van der Waals surface area (Å²) in [7, 11) is 0. The molecule has 0 saturated heterocycles. The molecular weight excluding hydrogens is 342 g/mol. The fourth-order valence-electron chi connectivity index (χ4n) is 3.15. The molecule has 0 aliphatic carbocycles. The highest BCUT2D eigenvalue weighted by Crippen LogP contribution is 2.23. The lowest BCUT2D eigenvalue weighted by atomic mass is 9.86. The van der Waals surface area contributed by atoms with E-state index in [9.17, 15) is 14.7 Å². The average Bonchev–Trinajstić information content (AvgIpc) is 2.60. The summed E-state index contributed by atoms with van der Waals surface area (Å²) in [5.41, 5.74) is 3.77. The van der Waals surface area contributed by atoms with Crippen LogP contribution in [0.1, 0.15) is 30.5 Å². The molecule has 0 aromatic heterocycles. The number of carboxylic acids is 1. The molecule has 0 aliphatic heterocycles. The third-order valence-corrected chi connectivity index (χ3v) is 4.50. The van der Waals surface area contributed by atoms with E-state index >= 15 is 0 Å². The summed E-state index contributed by atoms with van der Waals surface area (Å²) in [6.07, 6.45) is 0.374. The lowest BCUT2D eigenvalue weighted by molar-refractivity contribution is -0.145. The Hall–Kier alpha value is -2.82. The number of aliphatic carboxylic acids is 1. The molecule has 0 aliphatic rings. The van der Waals surface area contributed by atoms with Crippen LogP contribution < -0.4 is 10.1 Å². The SMILES string of the molecule is CCOc1ccc(NC(=O)[C@@H](Cc2cc(C)cc(C)c2)[C@H](C)C(=O)O)cc1. The topological polar surface area (TPSA) is 75.6 Å². The molecule has 1 amide bonds. The monoisotopic (exact) mass is 369 g/mol. The number of rotatable bonds is 8. The predicted molar refractivity (Wildman–Crippen MR) is 106 cm³/mol. The third-order valence-electron chi connectivity index (χ3n) is 4.50. The van der Waals surface area contributed by atoms with Crippen LogP contribution in [0.15, 0.2) is 42.5 Å². The second kappa shape index (κ2) is 9.21. The summed E-state index contributed by atoms with van der Waals surface area (Å²) in [4.78, 5) is 24.4. The van der Waals surface area contributed by atoms with Crippen LogP contribution in [0.25, 0.3) is 0 Å². The number of carbonyl (C=O) groups excluding carboxylic acids is 1. The van der Waals surface area contributed by atoms with Crippen LogP contribution in [0.2, 0.25) is 0 Å². The van der Waals surface area contributed by atoms with Crippen molar-refractivity contribution in [2.24, 2.45) is 11.8 Å². The van der Waals surface area contributed by atoms with Crippen molar-refractivity contribution in [3.8, 4) is 5.75 Å². The number of hydrogen-bond acceptors (Lipinski definition) is 3. The van der Waals surface area contributed by atoms with E-state index in [4.69, 9.17) is 4.74 Å². The zero-order chi connectivity index (χ0) is 20.0. The number of hydrogen-bond donors (Lipinski definition) is 2. The molecule has 0 heterocycles. The van der Waals surface area contributed by atoms with E-state index in [0.29, 0.717) is 18.7 Å². The van der Waals surface area contributed by atoms with Gasteiger partial charge in [-0.3, -0.25) is 9.59 Å². The number of aryl methyl sites for hydroxylation is 2. The highest BCUT2D eigenvalue weighted by Gasteiger charge is 2.30. The summed E-state index contributed by atoms with van der Waals surface area (Å²) >= 11 is 0. The summed E-state index contributed by atoms with van der Waals surface area (Å²) in [6, 6.07) is 13.1. The van der Waals surface area contributed by atoms with Crippen molar-refractivity contribution in [1.82, 2.24) is 0 Å². The summed E-state index contributed by atoms with van der Waals surface area (Å²) in [6.45, 7) is 8.03. The van der Waals surface area contributed by atoms with E-state index in [0.717, 1.165) is 22.4 Å². The molecule has 0 radical (unpaired) electrons. The number of benzene rings is 2. The van der Waals surface area contributed by atoms with E-state index < -0.39 is 17.8 Å². The largest absolute Gasteiger partial charge is 0.494 e. The first-order valence-corrected chi connectivity index (χ1v) is 9.14. The van der Waals surface area contributed by atoms with Crippen LogP contribution in [0.4, 0.5) is 5.69 Å². The molecule has 2 rings (SSSR count). The Labute approximate surface area is 160 Å². The van der Waals surface area contributed by atoms with E-state index in [1.54, 1.807) is 31.2 Å². The zero-order valence-electron chi connectivity index (χ0n) is 16.3. The first-order chi connectivity index (χ1) is 12.8. The van der Waals surface area contributed by atoms with Gasteiger partial charge in [0.05, 0.1) is 18.4 Å². The van der Waals surface area contributed by atoms with Crippen LogP contribution >= 0.6 is 0 Å². The molecule has 0 saturated carbocycles.